The number of aromatic nitrogens is 4. The molecule has 0 saturated carbocycles. The molecule has 176 valence electrons. The summed E-state index contributed by atoms with van der Waals surface area (Å²) in [5.41, 5.74) is 2.88. The average molecular weight is 462 g/mol. The fourth-order valence-electron chi connectivity index (χ4n) is 3.45. The standard InChI is InChI=1S/C26H28FN5O2/c1-18-15-24(30-32(18)16-19-7-5-6-8-22(19)27)28-25(33)23-13-14-31(29-23)17-34-21-11-9-20(10-12-21)26(2,3)4/h5-15H,16-17H2,1-4H3,(H,28,30,33). The van der Waals surface area contributed by atoms with E-state index < -0.39 is 0 Å². The maximum atomic E-state index is 14.0. The third-order valence-corrected chi connectivity index (χ3v) is 5.46. The Morgan fingerprint density at radius 2 is 1.79 bits per heavy atom. The molecule has 1 amide bonds. The second-order valence-electron chi connectivity index (χ2n) is 9.16. The van der Waals surface area contributed by atoms with Crippen LogP contribution in [0.4, 0.5) is 10.2 Å². The van der Waals surface area contributed by atoms with Crippen molar-refractivity contribution in [2.75, 3.05) is 5.32 Å². The number of aryl methyl sites for hydroxylation is 1. The number of hydrogen-bond donors (Lipinski definition) is 1. The van der Waals surface area contributed by atoms with E-state index in [0.717, 1.165) is 11.4 Å². The van der Waals surface area contributed by atoms with E-state index in [1.54, 1.807) is 45.9 Å². The quantitative estimate of drug-likeness (QED) is 0.413. The molecule has 0 saturated heterocycles. The third-order valence-electron chi connectivity index (χ3n) is 5.46. The Labute approximate surface area is 198 Å². The number of benzene rings is 2. The lowest BCUT2D eigenvalue weighted by atomic mass is 9.87. The van der Waals surface area contributed by atoms with Gasteiger partial charge in [0.2, 0.25) is 0 Å². The van der Waals surface area contributed by atoms with Crippen LogP contribution in [0.1, 0.15) is 48.1 Å². The normalized spacial score (nSPS) is 11.4. The van der Waals surface area contributed by atoms with Crippen LogP contribution in [0, 0.1) is 12.7 Å². The number of carbonyl (C=O) groups excluding carboxylic acids is 1. The van der Waals surface area contributed by atoms with Gasteiger partial charge in [0.1, 0.15) is 11.6 Å². The minimum absolute atomic E-state index is 0.0783. The van der Waals surface area contributed by atoms with Crippen molar-refractivity contribution in [3.63, 3.8) is 0 Å². The van der Waals surface area contributed by atoms with Gasteiger partial charge in [0.25, 0.3) is 5.91 Å². The zero-order chi connectivity index (χ0) is 24.3. The van der Waals surface area contributed by atoms with Gasteiger partial charge in [0, 0.05) is 23.5 Å². The average Bonchev–Trinajstić information content (AvgIpc) is 3.40. The van der Waals surface area contributed by atoms with Crippen molar-refractivity contribution in [3.8, 4) is 5.75 Å². The van der Waals surface area contributed by atoms with Gasteiger partial charge < -0.3 is 10.1 Å². The lowest BCUT2D eigenvalue weighted by Crippen LogP contribution is -2.15. The highest BCUT2D eigenvalue weighted by Gasteiger charge is 2.15. The minimum Gasteiger partial charge on any atom is -0.471 e. The first-order valence-corrected chi connectivity index (χ1v) is 11.0. The Balaban J connectivity index is 1.35. The molecule has 2 aromatic heterocycles. The molecule has 7 nitrogen and oxygen atoms in total. The first-order chi connectivity index (χ1) is 16.2. The number of ether oxygens (including phenoxy) is 1. The van der Waals surface area contributed by atoms with Gasteiger partial charge in [-0.3, -0.25) is 9.48 Å². The van der Waals surface area contributed by atoms with Crippen LogP contribution in [0.5, 0.6) is 5.75 Å². The van der Waals surface area contributed by atoms with Crippen molar-refractivity contribution < 1.29 is 13.9 Å². The Kier molecular flexibility index (Phi) is 6.49. The van der Waals surface area contributed by atoms with E-state index in [2.05, 4.69) is 36.3 Å². The van der Waals surface area contributed by atoms with Gasteiger partial charge in [-0.2, -0.15) is 10.2 Å². The Hall–Kier alpha value is -3.94. The molecular formula is C26H28FN5O2. The Bertz CT molecular complexity index is 1290. The molecule has 0 radical (unpaired) electrons. The number of halogens is 1. The summed E-state index contributed by atoms with van der Waals surface area (Å²) in [6.07, 6.45) is 1.68. The number of nitrogens with zero attached hydrogens (tertiary/aromatic N) is 4. The molecule has 4 rings (SSSR count). The van der Waals surface area contributed by atoms with Crippen molar-refractivity contribution in [3.05, 3.63) is 95.2 Å². The SMILES string of the molecule is Cc1cc(NC(=O)c2ccn(COc3ccc(C(C)(C)C)cc3)n2)nn1Cc1ccccc1F. The molecule has 0 aliphatic heterocycles. The predicted molar refractivity (Wildman–Crippen MR) is 128 cm³/mol. The van der Waals surface area contributed by atoms with Crippen LogP contribution >= 0.6 is 0 Å². The zero-order valence-corrected chi connectivity index (χ0v) is 19.7. The molecule has 0 aliphatic carbocycles. The molecule has 34 heavy (non-hydrogen) atoms. The molecule has 0 atom stereocenters. The molecule has 1 N–H and O–H groups in total. The van der Waals surface area contributed by atoms with E-state index in [-0.39, 0.29) is 36.1 Å². The van der Waals surface area contributed by atoms with Crippen LogP contribution in [-0.2, 0) is 18.7 Å². The van der Waals surface area contributed by atoms with Crippen LogP contribution < -0.4 is 10.1 Å². The van der Waals surface area contributed by atoms with Crippen LogP contribution in [0.25, 0.3) is 0 Å². The summed E-state index contributed by atoms with van der Waals surface area (Å²) in [6, 6.07) is 17.9. The highest BCUT2D eigenvalue weighted by atomic mass is 19.1. The molecule has 0 spiro atoms. The lowest BCUT2D eigenvalue weighted by Gasteiger charge is -2.19. The van der Waals surface area contributed by atoms with Gasteiger partial charge in [0.15, 0.2) is 18.2 Å². The largest absolute Gasteiger partial charge is 0.471 e. The van der Waals surface area contributed by atoms with Crippen LogP contribution in [-0.4, -0.2) is 25.5 Å². The summed E-state index contributed by atoms with van der Waals surface area (Å²) in [7, 11) is 0. The van der Waals surface area contributed by atoms with Crippen molar-refractivity contribution in [2.24, 2.45) is 0 Å². The number of nitrogens with one attached hydrogen (secondary N) is 1. The maximum Gasteiger partial charge on any atom is 0.277 e. The molecule has 0 unspecified atom stereocenters. The van der Waals surface area contributed by atoms with Gasteiger partial charge in [-0.05, 0) is 42.2 Å². The van der Waals surface area contributed by atoms with E-state index in [0.29, 0.717) is 11.4 Å². The third kappa shape index (κ3) is 5.51. The first kappa shape index (κ1) is 23.2. The van der Waals surface area contributed by atoms with E-state index in [4.69, 9.17) is 4.74 Å². The Morgan fingerprint density at radius 3 is 2.50 bits per heavy atom. The molecular weight excluding hydrogens is 433 g/mol. The van der Waals surface area contributed by atoms with Crippen LogP contribution in [0.2, 0.25) is 0 Å². The molecule has 0 fully saturated rings. The number of anilines is 1. The van der Waals surface area contributed by atoms with Crippen molar-refractivity contribution in [1.29, 1.82) is 0 Å². The van der Waals surface area contributed by atoms with Crippen LogP contribution in [0.15, 0.2) is 66.9 Å². The Morgan fingerprint density at radius 1 is 1.06 bits per heavy atom. The van der Waals surface area contributed by atoms with Crippen molar-refractivity contribution in [2.45, 2.75) is 46.4 Å². The zero-order valence-electron chi connectivity index (χ0n) is 19.7. The highest BCUT2D eigenvalue weighted by Crippen LogP contribution is 2.24. The summed E-state index contributed by atoms with van der Waals surface area (Å²) < 4.78 is 22.9. The molecule has 0 aliphatic rings. The van der Waals surface area contributed by atoms with E-state index in [1.807, 2.05) is 31.2 Å². The van der Waals surface area contributed by atoms with Gasteiger partial charge >= 0.3 is 0 Å². The minimum atomic E-state index is -0.385. The van der Waals surface area contributed by atoms with E-state index >= 15 is 0 Å². The second-order valence-corrected chi connectivity index (χ2v) is 9.16. The maximum absolute atomic E-state index is 14.0. The molecule has 2 heterocycles. The lowest BCUT2D eigenvalue weighted by molar-refractivity contribution is 0.101. The molecule has 2 aromatic carbocycles. The summed E-state index contributed by atoms with van der Waals surface area (Å²) in [5, 5.41) is 11.4. The van der Waals surface area contributed by atoms with Crippen molar-refractivity contribution >= 4 is 11.7 Å². The summed E-state index contributed by atoms with van der Waals surface area (Å²) in [6.45, 7) is 8.79. The monoisotopic (exact) mass is 461 g/mol. The molecule has 0 bridgehead atoms. The topological polar surface area (TPSA) is 74.0 Å². The molecule has 8 heteroatoms. The van der Waals surface area contributed by atoms with E-state index in [1.165, 1.54) is 11.6 Å². The number of amides is 1. The summed E-state index contributed by atoms with van der Waals surface area (Å²) in [4.78, 5) is 12.6. The van der Waals surface area contributed by atoms with Crippen LogP contribution in [0.3, 0.4) is 0 Å². The number of hydrogen-bond acceptors (Lipinski definition) is 4. The summed E-state index contributed by atoms with van der Waals surface area (Å²) in [5.74, 6) is 0.429. The number of carbonyl (C=O) groups is 1. The van der Waals surface area contributed by atoms with Gasteiger partial charge in [-0.15, -0.1) is 0 Å². The number of rotatable bonds is 7. The fourth-order valence-corrected chi connectivity index (χ4v) is 3.45. The first-order valence-electron chi connectivity index (χ1n) is 11.0. The van der Waals surface area contributed by atoms with Crippen molar-refractivity contribution in [1.82, 2.24) is 19.6 Å². The van der Waals surface area contributed by atoms with Gasteiger partial charge in [-0.25, -0.2) is 9.07 Å². The second kappa shape index (κ2) is 9.51. The molecule has 4 aromatic rings. The fraction of sp³-hybridized carbons (Fsp3) is 0.269. The predicted octanol–water partition coefficient (Wildman–Crippen LogP) is 5.16. The summed E-state index contributed by atoms with van der Waals surface area (Å²) >= 11 is 0. The smallest absolute Gasteiger partial charge is 0.277 e. The van der Waals surface area contributed by atoms with E-state index in [9.17, 15) is 9.18 Å². The highest BCUT2D eigenvalue weighted by molar-refractivity contribution is 6.02. The van der Waals surface area contributed by atoms with Gasteiger partial charge in [0.05, 0.1) is 6.54 Å². The van der Waals surface area contributed by atoms with Gasteiger partial charge in [-0.1, -0.05) is 51.1 Å².